The van der Waals surface area contributed by atoms with Crippen LogP contribution in [0.3, 0.4) is 0 Å². The Morgan fingerprint density at radius 3 is 0.790 bits per heavy atom. The van der Waals surface area contributed by atoms with Gasteiger partial charge in [0.1, 0.15) is 13.2 Å². The van der Waals surface area contributed by atoms with E-state index in [1.165, 1.54) is 199 Å². The Bertz CT molecular complexity index is 947. The minimum Gasteiger partial charge on any atom is -0.462 e. The minimum absolute atomic E-state index is 0.0631. The molecule has 0 radical (unpaired) electrons. The summed E-state index contributed by atoms with van der Waals surface area (Å²) in [6.07, 6.45) is 51.0. The van der Waals surface area contributed by atoms with Gasteiger partial charge in [0.15, 0.2) is 6.10 Å². The lowest BCUT2D eigenvalue weighted by molar-refractivity contribution is -0.167. The molecular weight excluding hydrogens is 769 g/mol. The molecule has 0 bridgehead atoms. The molecule has 0 spiro atoms. The van der Waals surface area contributed by atoms with Gasteiger partial charge in [-0.1, -0.05) is 272 Å². The molecule has 0 fully saturated rings. The maximum absolute atomic E-state index is 12.7. The van der Waals surface area contributed by atoms with E-state index < -0.39 is 6.10 Å². The molecule has 0 aromatic heterocycles. The van der Waals surface area contributed by atoms with Gasteiger partial charge < -0.3 is 14.2 Å². The molecule has 62 heavy (non-hydrogen) atoms. The van der Waals surface area contributed by atoms with E-state index in [2.05, 4.69) is 34.6 Å². The molecule has 368 valence electrons. The molecule has 0 saturated carbocycles. The molecule has 0 aromatic rings. The predicted molar refractivity (Wildman–Crippen MR) is 266 cm³/mol. The quantitative estimate of drug-likeness (QED) is 0.0344. The highest BCUT2D eigenvalue weighted by Gasteiger charge is 2.19. The van der Waals surface area contributed by atoms with Crippen molar-refractivity contribution in [3.63, 3.8) is 0 Å². The van der Waals surface area contributed by atoms with Gasteiger partial charge in [-0.3, -0.25) is 14.4 Å². The van der Waals surface area contributed by atoms with Gasteiger partial charge in [-0.2, -0.15) is 0 Å². The number of ether oxygens (including phenoxy) is 3. The molecule has 0 amide bonds. The number of hydrogen-bond donors (Lipinski definition) is 0. The number of esters is 3. The molecular formula is C56H108O6. The second-order valence-electron chi connectivity index (χ2n) is 20.2. The summed E-state index contributed by atoms with van der Waals surface area (Å²) in [4.78, 5) is 38.0. The molecule has 0 aliphatic carbocycles. The van der Waals surface area contributed by atoms with Crippen molar-refractivity contribution in [1.82, 2.24) is 0 Å². The fourth-order valence-corrected chi connectivity index (χ4v) is 8.52. The topological polar surface area (TPSA) is 78.9 Å². The van der Waals surface area contributed by atoms with Crippen molar-refractivity contribution >= 4 is 17.9 Å². The Morgan fingerprint density at radius 1 is 0.306 bits per heavy atom. The van der Waals surface area contributed by atoms with Crippen molar-refractivity contribution < 1.29 is 28.6 Å². The summed E-state index contributed by atoms with van der Waals surface area (Å²) < 4.78 is 16.8. The van der Waals surface area contributed by atoms with Crippen molar-refractivity contribution in [1.29, 1.82) is 0 Å². The second-order valence-corrected chi connectivity index (χ2v) is 20.2. The largest absolute Gasteiger partial charge is 0.462 e. The first-order chi connectivity index (χ1) is 30.2. The molecule has 0 N–H and O–H groups in total. The fraction of sp³-hybridized carbons (Fsp3) is 0.946. The van der Waals surface area contributed by atoms with Crippen LogP contribution < -0.4 is 0 Å². The third kappa shape index (κ3) is 49.4. The zero-order valence-electron chi connectivity index (χ0n) is 42.5. The highest BCUT2D eigenvalue weighted by Crippen LogP contribution is 2.18. The van der Waals surface area contributed by atoms with E-state index in [0.29, 0.717) is 19.3 Å². The molecule has 0 aromatic carbocycles. The SMILES string of the molecule is CCCCCCCCCCCC(=O)O[C@H](COC(=O)CCCCCCCCCCCCCCCCCC(C)C)COC(=O)CCCCCCCCCCCCCCCCC(C)C. The molecule has 0 unspecified atom stereocenters. The molecule has 0 aliphatic rings. The summed E-state index contributed by atoms with van der Waals surface area (Å²) in [5.74, 6) is 0.849. The lowest BCUT2D eigenvalue weighted by Gasteiger charge is -2.18. The van der Waals surface area contributed by atoms with Gasteiger partial charge in [0.25, 0.3) is 0 Å². The Kier molecular flexibility index (Phi) is 47.6. The first-order valence-electron chi connectivity index (χ1n) is 27.7. The molecule has 0 aliphatic heterocycles. The smallest absolute Gasteiger partial charge is 0.306 e. The molecule has 0 saturated heterocycles. The minimum atomic E-state index is -0.761. The van der Waals surface area contributed by atoms with Gasteiger partial charge in [0.05, 0.1) is 0 Å². The zero-order valence-corrected chi connectivity index (χ0v) is 42.5. The van der Waals surface area contributed by atoms with Gasteiger partial charge >= 0.3 is 17.9 Å². The van der Waals surface area contributed by atoms with E-state index in [1.54, 1.807) is 0 Å². The van der Waals surface area contributed by atoms with Crippen LogP contribution in [0.15, 0.2) is 0 Å². The number of carbonyl (C=O) groups is 3. The van der Waals surface area contributed by atoms with Crippen LogP contribution in [0.1, 0.15) is 311 Å². The average Bonchev–Trinajstić information content (AvgIpc) is 3.24. The van der Waals surface area contributed by atoms with Crippen molar-refractivity contribution in [3.8, 4) is 0 Å². The summed E-state index contributed by atoms with van der Waals surface area (Å²) in [6, 6.07) is 0. The first-order valence-corrected chi connectivity index (χ1v) is 27.7. The van der Waals surface area contributed by atoms with E-state index >= 15 is 0 Å². The van der Waals surface area contributed by atoms with Gasteiger partial charge in [-0.05, 0) is 31.1 Å². The van der Waals surface area contributed by atoms with E-state index in [9.17, 15) is 14.4 Å². The zero-order chi connectivity index (χ0) is 45.4. The van der Waals surface area contributed by atoms with E-state index in [4.69, 9.17) is 14.2 Å². The van der Waals surface area contributed by atoms with Crippen LogP contribution in [0.4, 0.5) is 0 Å². The number of unbranched alkanes of at least 4 members (excludes halogenated alkanes) is 35. The Labute approximate surface area is 387 Å². The van der Waals surface area contributed by atoms with Gasteiger partial charge in [0.2, 0.25) is 0 Å². The fourth-order valence-electron chi connectivity index (χ4n) is 8.52. The van der Waals surface area contributed by atoms with Crippen LogP contribution in [0.5, 0.6) is 0 Å². The van der Waals surface area contributed by atoms with Crippen LogP contribution in [-0.4, -0.2) is 37.2 Å². The molecule has 0 rings (SSSR count). The highest BCUT2D eigenvalue weighted by atomic mass is 16.6. The summed E-state index contributed by atoms with van der Waals surface area (Å²) in [5.41, 5.74) is 0. The molecule has 6 nitrogen and oxygen atoms in total. The van der Waals surface area contributed by atoms with Gasteiger partial charge in [-0.15, -0.1) is 0 Å². The van der Waals surface area contributed by atoms with Crippen LogP contribution in [0, 0.1) is 11.8 Å². The third-order valence-corrected chi connectivity index (χ3v) is 12.7. The first kappa shape index (κ1) is 60.4. The summed E-state index contributed by atoms with van der Waals surface area (Å²) in [6.45, 7) is 11.4. The van der Waals surface area contributed by atoms with Crippen molar-refractivity contribution in [3.05, 3.63) is 0 Å². The van der Waals surface area contributed by atoms with Gasteiger partial charge in [-0.25, -0.2) is 0 Å². The summed E-state index contributed by atoms with van der Waals surface area (Å²) in [7, 11) is 0. The summed E-state index contributed by atoms with van der Waals surface area (Å²) in [5, 5.41) is 0. The van der Waals surface area contributed by atoms with Crippen LogP contribution in [0.2, 0.25) is 0 Å². The van der Waals surface area contributed by atoms with Gasteiger partial charge in [0, 0.05) is 19.3 Å². The summed E-state index contributed by atoms with van der Waals surface area (Å²) >= 11 is 0. The third-order valence-electron chi connectivity index (χ3n) is 12.7. The Morgan fingerprint density at radius 2 is 0.532 bits per heavy atom. The van der Waals surface area contributed by atoms with Crippen molar-refractivity contribution in [2.75, 3.05) is 13.2 Å². The highest BCUT2D eigenvalue weighted by molar-refractivity contribution is 5.71. The van der Waals surface area contributed by atoms with E-state index in [-0.39, 0.29) is 31.1 Å². The van der Waals surface area contributed by atoms with Crippen molar-refractivity contribution in [2.45, 2.75) is 317 Å². The van der Waals surface area contributed by atoms with Crippen LogP contribution >= 0.6 is 0 Å². The lowest BCUT2D eigenvalue weighted by Crippen LogP contribution is -2.30. The number of hydrogen-bond acceptors (Lipinski definition) is 6. The van der Waals surface area contributed by atoms with E-state index in [0.717, 1.165) is 69.6 Å². The normalized spacial score (nSPS) is 12.0. The monoisotopic (exact) mass is 877 g/mol. The average molecular weight is 877 g/mol. The van der Waals surface area contributed by atoms with Crippen LogP contribution in [0.25, 0.3) is 0 Å². The van der Waals surface area contributed by atoms with Crippen molar-refractivity contribution in [2.24, 2.45) is 11.8 Å². The van der Waals surface area contributed by atoms with Crippen LogP contribution in [-0.2, 0) is 28.6 Å². The maximum atomic E-state index is 12.7. The van der Waals surface area contributed by atoms with E-state index in [1.807, 2.05) is 0 Å². The standard InChI is InChI=1S/C56H108O6/c1-6-7-8-9-10-24-33-38-43-48-56(59)62-53(50-61-55(58)47-42-37-32-28-23-19-15-14-17-21-26-30-35-40-45-52(4)5)49-60-54(57)46-41-36-31-27-22-18-13-11-12-16-20-25-29-34-39-44-51(2)3/h51-53H,6-50H2,1-5H3/t53-/m1/s1. The number of rotatable bonds is 50. The Hall–Kier alpha value is -1.59. The molecule has 1 atom stereocenters. The predicted octanol–water partition coefficient (Wildman–Crippen LogP) is 18.1. The second kappa shape index (κ2) is 48.9. The maximum Gasteiger partial charge on any atom is 0.306 e. The number of carbonyl (C=O) groups excluding carboxylic acids is 3. The Balaban J connectivity index is 4.20. The molecule has 6 heteroatoms. The molecule has 0 heterocycles. The lowest BCUT2D eigenvalue weighted by atomic mass is 10.0.